The van der Waals surface area contributed by atoms with Crippen LogP contribution in [0.1, 0.15) is 45.2 Å². The Kier molecular flexibility index (Phi) is 12.8. The summed E-state index contributed by atoms with van der Waals surface area (Å²) >= 11 is 0. The molecule has 7 nitrogen and oxygen atoms in total. The number of alkyl carbamates (subject to hydrolysis) is 1. The van der Waals surface area contributed by atoms with Crippen molar-refractivity contribution in [3.05, 3.63) is 29.6 Å². The van der Waals surface area contributed by atoms with Crippen LogP contribution in [-0.4, -0.2) is 48.8 Å². The van der Waals surface area contributed by atoms with E-state index < -0.39 is 5.60 Å². The van der Waals surface area contributed by atoms with E-state index in [1.54, 1.807) is 0 Å². The third-order valence-electron chi connectivity index (χ3n) is 3.44. The molecule has 0 aliphatic rings. The topological polar surface area (TPSA) is 87.6 Å². The average molecular weight is 491 g/mol. The van der Waals surface area contributed by atoms with E-state index in [1.807, 2.05) is 46.2 Å². The van der Waals surface area contributed by atoms with E-state index in [1.165, 1.54) is 11.1 Å². The Morgan fingerprint density at radius 2 is 1.96 bits per heavy atom. The molecule has 1 aromatic heterocycles. The number of rotatable bonds is 8. The monoisotopic (exact) mass is 491 g/mol. The Balaban J connectivity index is 0.00000676. The molecule has 1 aromatic rings. The molecule has 0 atom stereocenters. The predicted molar refractivity (Wildman–Crippen MR) is 121 cm³/mol. The molecule has 0 bridgehead atoms. The van der Waals surface area contributed by atoms with Gasteiger partial charge >= 0.3 is 6.09 Å². The van der Waals surface area contributed by atoms with Crippen LogP contribution in [0.25, 0.3) is 0 Å². The van der Waals surface area contributed by atoms with Crippen LogP contribution < -0.4 is 16.0 Å². The highest BCUT2D eigenvalue weighted by Gasteiger charge is 2.15. The van der Waals surface area contributed by atoms with Crippen LogP contribution in [-0.2, 0) is 11.2 Å². The lowest BCUT2D eigenvalue weighted by Crippen LogP contribution is -2.38. The zero-order valence-corrected chi connectivity index (χ0v) is 19.4. The average Bonchev–Trinajstić information content (AvgIpc) is 2.54. The summed E-state index contributed by atoms with van der Waals surface area (Å²) in [5.41, 5.74) is 2.01. The number of nitrogens with zero attached hydrogens (tertiary/aromatic N) is 2. The van der Waals surface area contributed by atoms with Crippen molar-refractivity contribution in [1.82, 2.24) is 20.9 Å². The summed E-state index contributed by atoms with van der Waals surface area (Å²) in [5.74, 6) is 0.788. The van der Waals surface area contributed by atoms with Crippen LogP contribution in [0.4, 0.5) is 4.79 Å². The van der Waals surface area contributed by atoms with Gasteiger partial charge in [-0.25, -0.2) is 4.79 Å². The molecular weight excluding hydrogens is 457 g/mol. The lowest BCUT2D eigenvalue weighted by molar-refractivity contribution is 0.0527. The minimum Gasteiger partial charge on any atom is -0.444 e. The summed E-state index contributed by atoms with van der Waals surface area (Å²) in [7, 11) is 0. The number of hydrogen-bond acceptors (Lipinski definition) is 4. The molecule has 0 aromatic carbocycles. The van der Waals surface area contributed by atoms with Gasteiger partial charge in [0.25, 0.3) is 0 Å². The Morgan fingerprint density at radius 3 is 2.59 bits per heavy atom. The number of guanidine groups is 1. The number of carbonyl (C=O) groups excluding carboxylic acids is 1. The number of halogens is 1. The van der Waals surface area contributed by atoms with Gasteiger partial charge in [0.2, 0.25) is 0 Å². The number of aromatic nitrogens is 1. The lowest BCUT2D eigenvalue weighted by Gasteiger charge is -2.19. The van der Waals surface area contributed by atoms with E-state index in [0.717, 1.165) is 31.9 Å². The van der Waals surface area contributed by atoms with Gasteiger partial charge in [0.1, 0.15) is 5.60 Å². The van der Waals surface area contributed by atoms with E-state index in [2.05, 4.69) is 32.9 Å². The second kappa shape index (κ2) is 13.6. The predicted octanol–water partition coefficient (Wildman–Crippen LogP) is 3.02. The Bertz CT molecular complexity index is 588. The Labute approximate surface area is 180 Å². The molecule has 0 radical (unpaired) electrons. The third kappa shape index (κ3) is 12.4. The Morgan fingerprint density at radius 1 is 1.22 bits per heavy atom. The van der Waals surface area contributed by atoms with Crippen LogP contribution in [0.5, 0.6) is 0 Å². The number of ether oxygens (including phenoxy) is 1. The van der Waals surface area contributed by atoms with Crippen LogP contribution in [0.3, 0.4) is 0 Å². The van der Waals surface area contributed by atoms with E-state index in [9.17, 15) is 4.79 Å². The molecule has 0 saturated carbocycles. The molecule has 1 heterocycles. The van der Waals surface area contributed by atoms with Gasteiger partial charge in [0.05, 0.1) is 0 Å². The van der Waals surface area contributed by atoms with Gasteiger partial charge in [-0.3, -0.25) is 9.98 Å². The maximum atomic E-state index is 11.6. The maximum absolute atomic E-state index is 11.6. The van der Waals surface area contributed by atoms with Gasteiger partial charge in [-0.05, 0) is 64.7 Å². The molecule has 0 spiro atoms. The van der Waals surface area contributed by atoms with Gasteiger partial charge in [0, 0.05) is 38.6 Å². The van der Waals surface area contributed by atoms with E-state index >= 15 is 0 Å². The Hall–Kier alpha value is -1.58. The highest BCUT2D eigenvalue weighted by Crippen LogP contribution is 2.06. The molecule has 154 valence electrons. The number of nitrogens with one attached hydrogen (secondary N) is 3. The largest absolute Gasteiger partial charge is 0.444 e. The zero-order chi connectivity index (χ0) is 19.4. The normalized spacial score (nSPS) is 11.4. The summed E-state index contributed by atoms with van der Waals surface area (Å²) in [6.07, 6.45) is 4.98. The van der Waals surface area contributed by atoms with Crippen molar-refractivity contribution in [1.29, 1.82) is 0 Å². The van der Waals surface area contributed by atoms with Crippen LogP contribution in [0, 0.1) is 6.92 Å². The number of aryl methyl sites for hydroxylation is 1. The summed E-state index contributed by atoms with van der Waals surface area (Å²) in [5, 5.41) is 9.30. The summed E-state index contributed by atoms with van der Waals surface area (Å²) in [6.45, 7) is 12.4. The van der Waals surface area contributed by atoms with Crippen molar-refractivity contribution < 1.29 is 9.53 Å². The number of aliphatic imine (C=N–C) groups is 1. The molecule has 0 saturated heterocycles. The summed E-state index contributed by atoms with van der Waals surface area (Å²) in [6, 6.07) is 2.05. The number of hydrogen-bond donors (Lipinski definition) is 3. The maximum Gasteiger partial charge on any atom is 0.407 e. The molecular formula is C19H34IN5O2. The molecule has 8 heteroatoms. The fraction of sp³-hybridized carbons (Fsp3) is 0.632. The first-order valence-electron chi connectivity index (χ1n) is 9.20. The van der Waals surface area contributed by atoms with Crippen molar-refractivity contribution in [2.75, 3.05) is 26.2 Å². The van der Waals surface area contributed by atoms with Crippen molar-refractivity contribution in [3.63, 3.8) is 0 Å². The second-order valence-electron chi connectivity index (χ2n) is 7.02. The van der Waals surface area contributed by atoms with Gasteiger partial charge in [-0.2, -0.15) is 0 Å². The van der Waals surface area contributed by atoms with Crippen molar-refractivity contribution in [2.45, 2.75) is 53.1 Å². The summed E-state index contributed by atoms with van der Waals surface area (Å²) < 4.78 is 5.19. The minimum atomic E-state index is -0.475. The molecule has 0 aliphatic carbocycles. The fourth-order valence-corrected chi connectivity index (χ4v) is 2.21. The molecule has 0 fully saturated rings. The van der Waals surface area contributed by atoms with Crippen LogP contribution >= 0.6 is 24.0 Å². The first-order valence-corrected chi connectivity index (χ1v) is 9.20. The molecule has 0 aliphatic heterocycles. The van der Waals surface area contributed by atoms with E-state index in [-0.39, 0.29) is 30.1 Å². The number of pyridine rings is 1. The van der Waals surface area contributed by atoms with Crippen LogP contribution in [0.2, 0.25) is 0 Å². The zero-order valence-electron chi connectivity index (χ0n) is 17.1. The SMILES string of the molecule is CCNC(=NCCCNC(=O)OC(C)(C)C)NCCc1ccncc1C.I. The second-order valence-corrected chi connectivity index (χ2v) is 7.02. The number of carbonyl (C=O) groups is 1. The quantitative estimate of drug-likeness (QED) is 0.225. The molecule has 0 unspecified atom stereocenters. The van der Waals surface area contributed by atoms with Crippen molar-refractivity contribution in [3.8, 4) is 0 Å². The van der Waals surface area contributed by atoms with Gasteiger partial charge in [0.15, 0.2) is 5.96 Å². The molecule has 3 N–H and O–H groups in total. The summed E-state index contributed by atoms with van der Waals surface area (Å²) in [4.78, 5) is 20.2. The molecule has 27 heavy (non-hydrogen) atoms. The van der Waals surface area contributed by atoms with Crippen molar-refractivity contribution >= 4 is 36.0 Å². The highest BCUT2D eigenvalue weighted by molar-refractivity contribution is 14.0. The van der Waals surface area contributed by atoms with E-state index in [4.69, 9.17) is 4.74 Å². The van der Waals surface area contributed by atoms with Gasteiger partial charge in [-0.15, -0.1) is 24.0 Å². The third-order valence-corrected chi connectivity index (χ3v) is 3.44. The first kappa shape index (κ1) is 25.4. The minimum absolute atomic E-state index is 0. The van der Waals surface area contributed by atoms with Crippen LogP contribution in [0.15, 0.2) is 23.5 Å². The smallest absolute Gasteiger partial charge is 0.407 e. The van der Waals surface area contributed by atoms with Gasteiger partial charge in [-0.1, -0.05) is 0 Å². The highest BCUT2D eigenvalue weighted by atomic mass is 127. The number of amides is 1. The van der Waals surface area contributed by atoms with Crippen molar-refractivity contribution in [2.24, 2.45) is 4.99 Å². The lowest BCUT2D eigenvalue weighted by atomic mass is 10.1. The molecule has 1 rings (SSSR count). The van der Waals surface area contributed by atoms with Gasteiger partial charge < -0.3 is 20.7 Å². The standard InChI is InChI=1S/C19H33N5O2.HI/c1-6-21-17(23-13-9-16-8-12-20-14-15(16)2)22-10-7-11-24-18(25)26-19(3,4)5;/h8,12,14H,6-7,9-11,13H2,1-5H3,(H,24,25)(H2,21,22,23);1H. The molecule has 1 amide bonds. The first-order chi connectivity index (χ1) is 12.3. The fourth-order valence-electron chi connectivity index (χ4n) is 2.21. The van der Waals surface area contributed by atoms with E-state index in [0.29, 0.717) is 13.1 Å².